The first kappa shape index (κ1) is 16.0. The highest BCUT2D eigenvalue weighted by Gasteiger charge is 2.24. The molecule has 1 aliphatic heterocycles. The summed E-state index contributed by atoms with van der Waals surface area (Å²) in [5.74, 6) is 0.904. The Kier molecular flexibility index (Phi) is 5.00. The van der Waals surface area contributed by atoms with Crippen LogP contribution in [0.5, 0.6) is 0 Å². The second kappa shape index (κ2) is 7.16. The zero-order chi connectivity index (χ0) is 16.2. The monoisotopic (exact) mass is 340 g/mol. The molecule has 2 aromatic heterocycles. The zero-order valence-electron chi connectivity index (χ0n) is 12.5. The van der Waals surface area contributed by atoms with Crippen LogP contribution in [-0.4, -0.2) is 41.9 Å². The molecule has 124 valence electrons. The summed E-state index contributed by atoms with van der Waals surface area (Å²) in [5, 5.41) is 4.27. The van der Waals surface area contributed by atoms with E-state index in [2.05, 4.69) is 20.2 Å². The zero-order valence-corrected chi connectivity index (χ0v) is 13.4. The van der Waals surface area contributed by atoms with Crippen molar-refractivity contribution in [3.05, 3.63) is 17.8 Å². The Morgan fingerprint density at radius 2 is 2.17 bits per heavy atom. The predicted molar refractivity (Wildman–Crippen MR) is 86.0 cm³/mol. The lowest BCUT2D eigenvalue weighted by atomic mass is 9.93. The SMILES string of the molecule is O=C(CC1CCN(c2ncnc3ccsc23)CC1)NCC(F)F. The Labute approximate surface area is 136 Å². The summed E-state index contributed by atoms with van der Waals surface area (Å²) in [5.41, 5.74) is 0.952. The van der Waals surface area contributed by atoms with E-state index < -0.39 is 13.0 Å². The number of nitrogens with zero attached hydrogens (tertiary/aromatic N) is 3. The van der Waals surface area contributed by atoms with Crippen LogP contribution in [0, 0.1) is 5.92 Å². The van der Waals surface area contributed by atoms with Crippen molar-refractivity contribution in [1.29, 1.82) is 0 Å². The van der Waals surface area contributed by atoms with Gasteiger partial charge < -0.3 is 10.2 Å². The van der Waals surface area contributed by atoms with Gasteiger partial charge in [0.1, 0.15) is 12.1 Å². The number of carbonyl (C=O) groups excluding carboxylic acids is 1. The van der Waals surface area contributed by atoms with E-state index in [1.807, 2.05) is 11.4 Å². The van der Waals surface area contributed by atoms with Gasteiger partial charge in [0, 0.05) is 19.5 Å². The fourth-order valence-corrected chi connectivity index (χ4v) is 3.74. The van der Waals surface area contributed by atoms with Gasteiger partial charge in [-0.05, 0) is 30.2 Å². The molecule has 0 aliphatic carbocycles. The molecule has 5 nitrogen and oxygen atoms in total. The van der Waals surface area contributed by atoms with E-state index in [1.54, 1.807) is 17.7 Å². The highest BCUT2D eigenvalue weighted by Crippen LogP contribution is 2.31. The number of anilines is 1. The van der Waals surface area contributed by atoms with Crippen LogP contribution in [0.4, 0.5) is 14.6 Å². The topological polar surface area (TPSA) is 58.1 Å². The van der Waals surface area contributed by atoms with E-state index in [0.29, 0.717) is 6.42 Å². The van der Waals surface area contributed by atoms with E-state index in [4.69, 9.17) is 0 Å². The summed E-state index contributed by atoms with van der Waals surface area (Å²) in [6.45, 7) is 1.07. The second-order valence-electron chi connectivity index (χ2n) is 5.66. The van der Waals surface area contributed by atoms with Gasteiger partial charge in [-0.2, -0.15) is 0 Å². The van der Waals surface area contributed by atoms with Crippen LogP contribution in [0.1, 0.15) is 19.3 Å². The van der Waals surface area contributed by atoms with E-state index in [-0.39, 0.29) is 11.8 Å². The van der Waals surface area contributed by atoms with Gasteiger partial charge in [-0.15, -0.1) is 11.3 Å². The molecule has 0 atom stereocenters. The Morgan fingerprint density at radius 3 is 2.91 bits per heavy atom. The van der Waals surface area contributed by atoms with Crippen molar-refractivity contribution < 1.29 is 13.6 Å². The molecule has 8 heteroatoms. The van der Waals surface area contributed by atoms with E-state index in [1.165, 1.54) is 0 Å². The van der Waals surface area contributed by atoms with Crippen LogP contribution in [0.2, 0.25) is 0 Å². The molecule has 3 rings (SSSR count). The summed E-state index contributed by atoms with van der Waals surface area (Å²) < 4.78 is 25.2. The third-order valence-corrected chi connectivity index (χ3v) is 4.97. The Balaban J connectivity index is 1.54. The molecule has 0 unspecified atom stereocenters. The lowest BCUT2D eigenvalue weighted by molar-refractivity contribution is -0.122. The molecule has 1 fully saturated rings. The molecule has 0 bridgehead atoms. The molecule has 1 N–H and O–H groups in total. The van der Waals surface area contributed by atoms with Gasteiger partial charge in [-0.25, -0.2) is 18.7 Å². The normalized spacial score (nSPS) is 16.2. The van der Waals surface area contributed by atoms with E-state index in [9.17, 15) is 13.6 Å². The fourth-order valence-electron chi connectivity index (χ4n) is 2.88. The molecule has 3 heterocycles. The summed E-state index contributed by atoms with van der Waals surface area (Å²) in [6.07, 6.45) is 1.12. The van der Waals surface area contributed by atoms with Gasteiger partial charge in [-0.1, -0.05) is 0 Å². The number of hydrogen-bond acceptors (Lipinski definition) is 5. The highest BCUT2D eigenvalue weighted by atomic mass is 32.1. The van der Waals surface area contributed by atoms with Crippen LogP contribution in [0.3, 0.4) is 0 Å². The minimum Gasteiger partial charge on any atom is -0.355 e. The van der Waals surface area contributed by atoms with Crippen LogP contribution < -0.4 is 10.2 Å². The van der Waals surface area contributed by atoms with Crippen LogP contribution in [-0.2, 0) is 4.79 Å². The number of carbonyl (C=O) groups is 1. The number of alkyl halides is 2. The molecule has 0 radical (unpaired) electrons. The molecule has 1 aliphatic rings. The van der Waals surface area contributed by atoms with Gasteiger partial charge in [-0.3, -0.25) is 4.79 Å². The summed E-state index contributed by atoms with van der Waals surface area (Å²) in [4.78, 5) is 22.5. The molecule has 0 spiro atoms. The molecule has 1 saturated heterocycles. The lowest BCUT2D eigenvalue weighted by Crippen LogP contribution is -2.37. The van der Waals surface area contributed by atoms with Crippen LogP contribution in [0.25, 0.3) is 10.2 Å². The largest absolute Gasteiger partial charge is 0.355 e. The van der Waals surface area contributed by atoms with Gasteiger partial charge in [0.05, 0.1) is 16.8 Å². The Hall–Kier alpha value is -1.83. The first-order chi connectivity index (χ1) is 11.1. The number of thiophene rings is 1. The average Bonchev–Trinajstić information content (AvgIpc) is 3.02. The van der Waals surface area contributed by atoms with Crippen LogP contribution >= 0.6 is 11.3 Å². The standard InChI is InChI=1S/C15H18F2N4OS/c16-12(17)8-18-13(22)7-10-1-4-21(5-2-10)15-14-11(3-6-23-14)19-9-20-15/h3,6,9-10,12H,1-2,4-5,7-8H2,(H,18,22). The number of rotatable bonds is 5. The van der Waals surface area contributed by atoms with Crippen molar-refractivity contribution in [2.24, 2.45) is 5.92 Å². The van der Waals surface area contributed by atoms with E-state index in [0.717, 1.165) is 42.0 Å². The van der Waals surface area contributed by atoms with Crippen molar-refractivity contribution in [1.82, 2.24) is 15.3 Å². The van der Waals surface area contributed by atoms with Gasteiger partial charge in [0.2, 0.25) is 5.91 Å². The summed E-state index contributed by atoms with van der Waals surface area (Å²) in [7, 11) is 0. The van der Waals surface area contributed by atoms with Crippen molar-refractivity contribution in [2.75, 3.05) is 24.5 Å². The summed E-state index contributed by atoms with van der Waals surface area (Å²) >= 11 is 1.63. The van der Waals surface area contributed by atoms with Gasteiger partial charge in [0.25, 0.3) is 6.43 Å². The average molecular weight is 340 g/mol. The number of nitrogens with one attached hydrogen (secondary N) is 1. The lowest BCUT2D eigenvalue weighted by Gasteiger charge is -2.32. The molecule has 1 amide bonds. The number of amides is 1. The molecule has 0 aromatic carbocycles. The molecule has 2 aromatic rings. The predicted octanol–water partition coefficient (Wildman–Crippen LogP) is 2.68. The number of hydrogen-bond donors (Lipinski definition) is 1. The quantitative estimate of drug-likeness (QED) is 0.909. The number of fused-ring (bicyclic) bond motifs is 1. The maximum Gasteiger partial charge on any atom is 0.255 e. The molecule has 23 heavy (non-hydrogen) atoms. The van der Waals surface area contributed by atoms with Gasteiger partial charge >= 0.3 is 0 Å². The molecular formula is C15H18F2N4OS. The minimum atomic E-state index is -2.49. The molecular weight excluding hydrogens is 322 g/mol. The number of aromatic nitrogens is 2. The van der Waals surface area contributed by atoms with Crippen molar-refractivity contribution >= 4 is 33.3 Å². The third kappa shape index (κ3) is 3.93. The molecule has 0 saturated carbocycles. The van der Waals surface area contributed by atoms with Crippen molar-refractivity contribution in [2.45, 2.75) is 25.7 Å². The second-order valence-corrected chi connectivity index (χ2v) is 6.58. The van der Waals surface area contributed by atoms with Crippen LogP contribution in [0.15, 0.2) is 17.8 Å². The van der Waals surface area contributed by atoms with Gasteiger partial charge in [0.15, 0.2) is 0 Å². The highest BCUT2D eigenvalue weighted by molar-refractivity contribution is 7.17. The fraction of sp³-hybridized carbons (Fsp3) is 0.533. The maximum atomic E-state index is 12.1. The smallest absolute Gasteiger partial charge is 0.255 e. The first-order valence-electron chi connectivity index (χ1n) is 7.61. The minimum absolute atomic E-state index is 0.240. The Bertz CT molecular complexity index is 670. The maximum absolute atomic E-state index is 12.1. The number of piperidine rings is 1. The first-order valence-corrected chi connectivity index (χ1v) is 8.49. The van der Waals surface area contributed by atoms with Crippen molar-refractivity contribution in [3.8, 4) is 0 Å². The van der Waals surface area contributed by atoms with Crippen molar-refractivity contribution in [3.63, 3.8) is 0 Å². The Morgan fingerprint density at radius 1 is 1.39 bits per heavy atom. The third-order valence-electron chi connectivity index (χ3n) is 4.07. The number of halogens is 2. The summed E-state index contributed by atoms with van der Waals surface area (Å²) in [6, 6.07) is 1.98. The van der Waals surface area contributed by atoms with E-state index >= 15 is 0 Å².